The van der Waals surface area contributed by atoms with Crippen LogP contribution in [0.2, 0.25) is 0 Å². The van der Waals surface area contributed by atoms with Crippen LogP contribution >= 0.6 is 0 Å². The smallest absolute Gasteiger partial charge is 0.211 e. The maximum absolute atomic E-state index is 10.5. The lowest BCUT2D eigenvalue weighted by Crippen LogP contribution is -1.98. The third kappa shape index (κ3) is 4.31. The molecule has 2 aromatic heterocycles. The number of nitrogens with zero attached hydrogens (tertiary/aromatic N) is 5. The molecule has 50 heavy (non-hydrogen) atoms. The summed E-state index contributed by atoms with van der Waals surface area (Å²) >= 11 is 0. The second kappa shape index (κ2) is 11.4. The number of para-hydroxylation sites is 4. The van der Waals surface area contributed by atoms with Gasteiger partial charge in [-0.25, -0.2) is 4.85 Å². The Bertz CT molecular complexity index is 2960. The number of hydrogen-bond acceptors (Lipinski definition) is 2. The van der Waals surface area contributed by atoms with Gasteiger partial charge in [0, 0.05) is 33.0 Å². The molecule has 2 heterocycles. The summed E-state index contributed by atoms with van der Waals surface area (Å²) in [6.07, 6.45) is 0. The van der Waals surface area contributed by atoms with E-state index in [4.69, 9.17) is 6.57 Å². The van der Waals surface area contributed by atoms with Crippen molar-refractivity contribution in [2.75, 3.05) is 0 Å². The molecular weight excluding hydrogens is 611 g/mol. The summed E-state index contributed by atoms with van der Waals surface area (Å²) in [5, 5.41) is 24.3. The van der Waals surface area contributed by atoms with Crippen molar-refractivity contribution in [1.29, 1.82) is 10.5 Å². The summed E-state index contributed by atoms with van der Waals surface area (Å²) in [7, 11) is 0. The monoisotopic (exact) mass is 635 g/mol. The Morgan fingerprint density at radius 3 is 1.92 bits per heavy atom. The van der Waals surface area contributed by atoms with Crippen LogP contribution in [0, 0.1) is 29.2 Å². The van der Waals surface area contributed by atoms with Gasteiger partial charge >= 0.3 is 0 Å². The van der Waals surface area contributed by atoms with Gasteiger partial charge in [0.1, 0.15) is 0 Å². The van der Waals surface area contributed by atoms with E-state index in [0.717, 1.165) is 77.2 Å². The van der Waals surface area contributed by atoms with Crippen LogP contribution in [0.15, 0.2) is 152 Å². The highest BCUT2D eigenvalue weighted by molar-refractivity contribution is 6.14. The van der Waals surface area contributed by atoms with Crippen LogP contribution < -0.4 is 0 Å². The van der Waals surface area contributed by atoms with E-state index in [0.29, 0.717) is 16.8 Å². The maximum atomic E-state index is 10.5. The largest absolute Gasteiger partial charge is 0.318 e. The van der Waals surface area contributed by atoms with Crippen molar-refractivity contribution in [3.63, 3.8) is 0 Å². The van der Waals surface area contributed by atoms with Crippen LogP contribution in [-0.4, -0.2) is 9.13 Å². The molecule has 0 aliphatic heterocycles. The lowest BCUT2D eigenvalue weighted by atomic mass is 9.94. The average Bonchev–Trinajstić information content (AvgIpc) is 3.70. The number of rotatable bonds is 4. The standard InChI is InChI=1S/C45H25N5/c1-48-40-13-8-12-38-36-10-3-7-16-43(36)50(45(38)40)42-15-6-2-9-35(42)34-23-20-31(26-32(34)28-47)30-18-21-33(22-19-30)49-41-14-5-4-11-37(41)39-25-29(27-46)17-24-44(39)49/h2-26H. The molecule has 9 rings (SSSR count). The highest BCUT2D eigenvalue weighted by Gasteiger charge is 2.19. The summed E-state index contributed by atoms with van der Waals surface area (Å²) in [6.45, 7) is 7.94. The van der Waals surface area contributed by atoms with Gasteiger partial charge in [-0.2, -0.15) is 10.5 Å². The van der Waals surface area contributed by atoms with Crippen molar-refractivity contribution >= 4 is 49.3 Å². The molecule has 0 amide bonds. The summed E-state index contributed by atoms with van der Waals surface area (Å²) in [6, 6.07) is 55.5. The molecule has 9 aromatic rings. The fraction of sp³-hybridized carbons (Fsp3) is 0. The number of fused-ring (bicyclic) bond motifs is 6. The van der Waals surface area contributed by atoms with E-state index in [1.807, 2.05) is 84.9 Å². The van der Waals surface area contributed by atoms with Gasteiger partial charge in [-0.1, -0.05) is 97.1 Å². The Morgan fingerprint density at radius 1 is 0.500 bits per heavy atom. The Hall–Kier alpha value is -7.39. The zero-order valence-corrected chi connectivity index (χ0v) is 26.7. The van der Waals surface area contributed by atoms with Crippen molar-refractivity contribution in [3.05, 3.63) is 174 Å². The third-order valence-corrected chi connectivity index (χ3v) is 9.63. The van der Waals surface area contributed by atoms with Crippen LogP contribution in [0.1, 0.15) is 11.1 Å². The molecule has 5 nitrogen and oxygen atoms in total. The predicted molar refractivity (Wildman–Crippen MR) is 202 cm³/mol. The second-order valence-corrected chi connectivity index (χ2v) is 12.3. The average molecular weight is 636 g/mol. The molecule has 5 heteroatoms. The predicted octanol–water partition coefficient (Wildman–Crippen LogP) is 11.5. The Kier molecular flexibility index (Phi) is 6.56. The summed E-state index contributed by atoms with van der Waals surface area (Å²) in [4.78, 5) is 3.88. The number of aromatic nitrogens is 2. The minimum Gasteiger partial charge on any atom is -0.318 e. The molecule has 7 aromatic carbocycles. The number of hydrogen-bond donors (Lipinski definition) is 0. The summed E-state index contributed by atoms with van der Waals surface area (Å²) in [5.41, 5.74) is 11.4. The minimum atomic E-state index is 0.570. The number of benzene rings is 7. The fourth-order valence-corrected chi connectivity index (χ4v) is 7.41. The quantitative estimate of drug-likeness (QED) is 0.181. The zero-order valence-electron chi connectivity index (χ0n) is 26.7. The molecule has 0 saturated carbocycles. The molecule has 0 saturated heterocycles. The van der Waals surface area contributed by atoms with E-state index in [1.165, 1.54) is 0 Å². The molecule has 0 aliphatic carbocycles. The first-order valence-corrected chi connectivity index (χ1v) is 16.3. The van der Waals surface area contributed by atoms with Crippen LogP contribution in [0.3, 0.4) is 0 Å². The Balaban J connectivity index is 1.15. The SMILES string of the molecule is [C-]#[N+]c1cccc2c3ccccc3n(-c3ccccc3-c3ccc(-c4ccc(-n5c6ccccc6c6cc(C#N)ccc65)cc4)cc3C#N)c12. The van der Waals surface area contributed by atoms with E-state index < -0.39 is 0 Å². The Labute approximate surface area is 288 Å². The van der Waals surface area contributed by atoms with Crippen molar-refractivity contribution in [2.24, 2.45) is 0 Å². The van der Waals surface area contributed by atoms with Crippen molar-refractivity contribution in [2.45, 2.75) is 0 Å². The first-order chi connectivity index (χ1) is 24.7. The highest BCUT2D eigenvalue weighted by atomic mass is 15.0. The highest BCUT2D eigenvalue weighted by Crippen LogP contribution is 2.41. The molecule has 0 atom stereocenters. The molecule has 0 unspecified atom stereocenters. The third-order valence-electron chi connectivity index (χ3n) is 9.63. The summed E-state index contributed by atoms with van der Waals surface area (Å²) < 4.78 is 4.39. The van der Waals surface area contributed by atoms with Gasteiger partial charge in [0.15, 0.2) is 0 Å². The molecule has 230 valence electrons. The molecule has 0 spiro atoms. The molecule has 0 aliphatic rings. The van der Waals surface area contributed by atoms with Gasteiger partial charge in [0.05, 0.1) is 57.6 Å². The van der Waals surface area contributed by atoms with Gasteiger partial charge in [-0.05, 0) is 71.1 Å². The van der Waals surface area contributed by atoms with Gasteiger partial charge < -0.3 is 9.13 Å². The Morgan fingerprint density at radius 2 is 1.16 bits per heavy atom. The maximum Gasteiger partial charge on any atom is 0.211 e. The lowest BCUT2D eigenvalue weighted by Gasteiger charge is -2.16. The zero-order chi connectivity index (χ0) is 33.8. The van der Waals surface area contributed by atoms with E-state index >= 15 is 0 Å². The normalized spacial score (nSPS) is 11.1. The number of nitriles is 2. The first-order valence-electron chi connectivity index (χ1n) is 16.3. The van der Waals surface area contributed by atoms with Crippen LogP contribution in [0.4, 0.5) is 5.69 Å². The van der Waals surface area contributed by atoms with Gasteiger partial charge in [0.2, 0.25) is 5.69 Å². The molecular formula is C45H25N5. The van der Waals surface area contributed by atoms with Crippen LogP contribution in [-0.2, 0) is 0 Å². The van der Waals surface area contributed by atoms with Gasteiger partial charge in [-0.15, -0.1) is 0 Å². The molecule has 0 fully saturated rings. The minimum absolute atomic E-state index is 0.570. The lowest BCUT2D eigenvalue weighted by molar-refractivity contribution is 1.18. The van der Waals surface area contributed by atoms with Crippen molar-refractivity contribution in [3.8, 4) is 45.8 Å². The molecule has 0 N–H and O–H groups in total. The van der Waals surface area contributed by atoms with Crippen LogP contribution in [0.5, 0.6) is 0 Å². The van der Waals surface area contributed by atoms with E-state index in [9.17, 15) is 10.5 Å². The summed E-state index contributed by atoms with van der Waals surface area (Å²) in [5.74, 6) is 0. The molecule has 0 bridgehead atoms. The van der Waals surface area contributed by atoms with E-state index in [2.05, 4.69) is 92.8 Å². The fourth-order valence-electron chi connectivity index (χ4n) is 7.41. The van der Waals surface area contributed by atoms with Crippen LogP contribution in [0.25, 0.3) is 82.1 Å². The van der Waals surface area contributed by atoms with Gasteiger partial charge in [-0.3, -0.25) is 0 Å². The molecule has 0 radical (unpaired) electrons. The second-order valence-electron chi connectivity index (χ2n) is 12.3. The van der Waals surface area contributed by atoms with E-state index in [-0.39, 0.29) is 0 Å². The van der Waals surface area contributed by atoms with E-state index in [1.54, 1.807) is 0 Å². The van der Waals surface area contributed by atoms with Crippen molar-refractivity contribution < 1.29 is 0 Å². The van der Waals surface area contributed by atoms with Crippen molar-refractivity contribution in [1.82, 2.24) is 9.13 Å². The first kappa shape index (κ1) is 28.8. The topological polar surface area (TPSA) is 61.8 Å². The van der Waals surface area contributed by atoms with Gasteiger partial charge in [0.25, 0.3) is 0 Å².